The smallest absolute Gasteiger partial charge is 0.326 e. The highest BCUT2D eigenvalue weighted by molar-refractivity contribution is 5.95. The molecule has 12 N–H and O–H groups in total. The number of nitrogens with two attached hydrogens (primary N) is 3. The Balaban J connectivity index is 5.52. The summed E-state index contributed by atoms with van der Waals surface area (Å²) in [6.45, 7) is -0.483. The molecule has 180 valence electrons. The van der Waals surface area contributed by atoms with E-state index in [2.05, 4.69) is 15.6 Å². The molecule has 0 aliphatic heterocycles. The summed E-state index contributed by atoms with van der Waals surface area (Å²) in [5.74, 6) is -7.69. The maximum atomic E-state index is 12.5. The van der Waals surface area contributed by atoms with E-state index in [-0.39, 0.29) is 25.3 Å². The van der Waals surface area contributed by atoms with Crippen LogP contribution < -0.4 is 33.2 Å². The van der Waals surface area contributed by atoms with Crippen LogP contribution in [0, 0.1) is 0 Å². The third kappa shape index (κ3) is 11.9. The van der Waals surface area contributed by atoms with Gasteiger partial charge in [0.15, 0.2) is 5.96 Å². The van der Waals surface area contributed by atoms with Crippen molar-refractivity contribution in [2.24, 2.45) is 22.2 Å². The predicted molar refractivity (Wildman–Crippen MR) is 107 cm³/mol. The molecule has 0 aliphatic rings. The summed E-state index contributed by atoms with van der Waals surface area (Å²) in [7, 11) is 0. The maximum absolute atomic E-state index is 12.5. The monoisotopic (exact) mass is 461 g/mol. The number of carbonyl (C=O) groups is 6. The number of carbonyl (C=O) groups excluding carboxylic acids is 3. The van der Waals surface area contributed by atoms with Crippen LogP contribution in [0.4, 0.5) is 0 Å². The van der Waals surface area contributed by atoms with E-state index in [1.165, 1.54) is 0 Å². The van der Waals surface area contributed by atoms with Crippen LogP contribution in [0.3, 0.4) is 0 Å². The Labute approximate surface area is 181 Å². The molecule has 16 heteroatoms. The lowest BCUT2D eigenvalue weighted by Gasteiger charge is -2.23. The molecule has 32 heavy (non-hydrogen) atoms. The van der Waals surface area contributed by atoms with Crippen molar-refractivity contribution < 1.29 is 44.1 Å². The Kier molecular flexibility index (Phi) is 12.4. The van der Waals surface area contributed by atoms with E-state index in [0.717, 1.165) is 0 Å². The molecule has 0 aromatic carbocycles. The number of rotatable bonds is 15. The minimum absolute atomic E-state index is 0.0436. The highest BCUT2D eigenvalue weighted by Crippen LogP contribution is 2.04. The van der Waals surface area contributed by atoms with Gasteiger partial charge in [-0.15, -0.1) is 0 Å². The van der Waals surface area contributed by atoms with E-state index in [1.807, 2.05) is 5.32 Å². The summed E-state index contributed by atoms with van der Waals surface area (Å²) in [5.41, 5.74) is 15.5. The lowest BCUT2D eigenvalue weighted by molar-refractivity contribution is -0.147. The Bertz CT molecular complexity index is 752. The van der Waals surface area contributed by atoms with Crippen LogP contribution in [0.25, 0.3) is 0 Å². The minimum Gasteiger partial charge on any atom is -0.481 e. The summed E-state index contributed by atoms with van der Waals surface area (Å²) < 4.78 is 0. The third-order valence-electron chi connectivity index (χ3n) is 3.79. The summed E-state index contributed by atoms with van der Waals surface area (Å²) in [6.07, 6.45) is -1.75. The quantitative estimate of drug-likeness (QED) is 0.0633. The standard InChI is InChI=1S/C16H27N7O9/c17-6-10(24)21-8(4-11(25)26)14(30)22-7(2-1-3-20-16(18)19)13(29)23-9(15(31)32)5-12(27)28/h7-9H,1-6,17H2,(H,21,24)(H,22,30)(H,23,29)(H,25,26)(H,27,28)(H,31,32)(H4,18,19,20). The van der Waals surface area contributed by atoms with Gasteiger partial charge < -0.3 is 48.5 Å². The number of carboxylic acid groups (broad SMARTS) is 3. The van der Waals surface area contributed by atoms with Gasteiger partial charge in [0.25, 0.3) is 0 Å². The third-order valence-corrected chi connectivity index (χ3v) is 3.79. The van der Waals surface area contributed by atoms with Crippen LogP contribution >= 0.6 is 0 Å². The molecule has 0 spiro atoms. The molecule has 0 aromatic rings. The lowest BCUT2D eigenvalue weighted by Crippen LogP contribution is -2.56. The maximum Gasteiger partial charge on any atom is 0.326 e. The zero-order valence-electron chi connectivity index (χ0n) is 16.9. The van der Waals surface area contributed by atoms with Gasteiger partial charge in [0, 0.05) is 6.54 Å². The average Bonchev–Trinajstić information content (AvgIpc) is 2.67. The van der Waals surface area contributed by atoms with Gasteiger partial charge in [-0.25, -0.2) is 4.79 Å². The molecule has 0 heterocycles. The zero-order valence-corrected chi connectivity index (χ0v) is 16.9. The van der Waals surface area contributed by atoms with Crippen LogP contribution in [0.5, 0.6) is 0 Å². The Morgan fingerprint density at radius 3 is 1.75 bits per heavy atom. The Morgan fingerprint density at radius 1 is 0.781 bits per heavy atom. The van der Waals surface area contributed by atoms with Crippen molar-refractivity contribution >= 4 is 41.6 Å². The summed E-state index contributed by atoms with van der Waals surface area (Å²) in [4.78, 5) is 73.2. The normalized spacial score (nSPS) is 13.0. The second-order valence-electron chi connectivity index (χ2n) is 6.43. The number of amides is 3. The van der Waals surface area contributed by atoms with Gasteiger partial charge in [0.05, 0.1) is 19.4 Å². The molecule has 3 atom stereocenters. The van der Waals surface area contributed by atoms with Crippen molar-refractivity contribution in [3.05, 3.63) is 0 Å². The molecule has 0 rings (SSSR count). The van der Waals surface area contributed by atoms with Gasteiger partial charge in [0.1, 0.15) is 18.1 Å². The van der Waals surface area contributed by atoms with Gasteiger partial charge in [0.2, 0.25) is 17.7 Å². The van der Waals surface area contributed by atoms with Crippen molar-refractivity contribution in [2.45, 2.75) is 43.8 Å². The SMILES string of the molecule is NCC(=O)NC(CC(=O)O)C(=O)NC(CCCN=C(N)N)C(=O)NC(CC(=O)O)C(=O)O. The molecule has 0 fully saturated rings. The van der Waals surface area contributed by atoms with E-state index in [4.69, 9.17) is 32.5 Å². The van der Waals surface area contributed by atoms with Crippen LogP contribution in [0.15, 0.2) is 4.99 Å². The molecule has 16 nitrogen and oxygen atoms in total. The van der Waals surface area contributed by atoms with Crippen LogP contribution in [-0.4, -0.2) is 88.1 Å². The van der Waals surface area contributed by atoms with Gasteiger partial charge in [-0.05, 0) is 12.8 Å². The van der Waals surface area contributed by atoms with Crippen LogP contribution in [0.1, 0.15) is 25.7 Å². The lowest BCUT2D eigenvalue weighted by atomic mass is 10.1. The highest BCUT2D eigenvalue weighted by atomic mass is 16.4. The fourth-order valence-corrected chi connectivity index (χ4v) is 2.33. The molecule has 0 bridgehead atoms. The first kappa shape index (κ1) is 28.0. The Hall–Kier alpha value is -3.95. The van der Waals surface area contributed by atoms with Crippen molar-refractivity contribution in [2.75, 3.05) is 13.1 Å². The number of hydrogen-bond donors (Lipinski definition) is 9. The van der Waals surface area contributed by atoms with E-state index in [0.29, 0.717) is 0 Å². The summed E-state index contributed by atoms with van der Waals surface area (Å²) in [6, 6.07) is -4.78. The largest absolute Gasteiger partial charge is 0.481 e. The van der Waals surface area contributed by atoms with Gasteiger partial charge >= 0.3 is 17.9 Å². The first-order chi connectivity index (χ1) is 14.9. The van der Waals surface area contributed by atoms with Gasteiger partial charge in [-0.3, -0.25) is 29.0 Å². The molecule has 0 saturated carbocycles. The van der Waals surface area contributed by atoms with E-state index in [9.17, 15) is 28.8 Å². The van der Waals surface area contributed by atoms with Gasteiger partial charge in [-0.2, -0.15) is 0 Å². The fraction of sp³-hybridized carbons (Fsp3) is 0.562. The second-order valence-corrected chi connectivity index (χ2v) is 6.43. The van der Waals surface area contributed by atoms with E-state index < -0.39 is 73.1 Å². The number of carboxylic acids is 3. The molecule has 0 aromatic heterocycles. The van der Waals surface area contributed by atoms with Crippen LogP contribution in [0.2, 0.25) is 0 Å². The van der Waals surface area contributed by atoms with Crippen molar-refractivity contribution in [3.63, 3.8) is 0 Å². The second kappa shape index (κ2) is 14.1. The summed E-state index contributed by atoms with van der Waals surface area (Å²) >= 11 is 0. The molecular weight excluding hydrogens is 434 g/mol. The molecule has 0 saturated heterocycles. The van der Waals surface area contributed by atoms with Crippen molar-refractivity contribution in [1.29, 1.82) is 0 Å². The molecule has 3 unspecified atom stereocenters. The first-order valence-corrected chi connectivity index (χ1v) is 9.19. The van der Waals surface area contributed by atoms with Crippen molar-refractivity contribution in [1.82, 2.24) is 16.0 Å². The van der Waals surface area contributed by atoms with E-state index >= 15 is 0 Å². The number of nitrogens with one attached hydrogen (secondary N) is 3. The Morgan fingerprint density at radius 2 is 1.28 bits per heavy atom. The summed E-state index contributed by atoms with van der Waals surface area (Å²) in [5, 5.41) is 33.1. The first-order valence-electron chi connectivity index (χ1n) is 9.19. The number of hydrogen-bond acceptors (Lipinski definition) is 8. The number of aliphatic imine (C=N–C) groups is 1. The number of guanidine groups is 1. The molecular formula is C16H27N7O9. The van der Waals surface area contributed by atoms with E-state index in [1.54, 1.807) is 0 Å². The highest BCUT2D eigenvalue weighted by Gasteiger charge is 2.31. The van der Waals surface area contributed by atoms with Gasteiger partial charge in [-0.1, -0.05) is 0 Å². The average molecular weight is 461 g/mol. The fourth-order valence-electron chi connectivity index (χ4n) is 2.33. The van der Waals surface area contributed by atoms with Crippen LogP contribution in [-0.2, 0) is 28.8 Å². The number of aliphatic carboxylic acids is 3. The van der Waals surface area contributed by atoms with Crippen molar-refractivity contribution in [3.8, 4) is 0 Å². The zero-order chi connectivity index (χ0) is 24.8. The molecule has 0 radical (unpaired) electrons. The predicted octanol–water partition coefficient (Wildman–Crippen LogP) is -4.51. The number of nitrogens with zero attached hydrogens (tertiary/aromatic N) is 1. The molecule has 0 aliphatic carbocycles. The molecule has 3 amide bonds. The topological polar surface area (TPSA) is 290 Å². The minimum atomic E-state index is -1.79.